The van der Waals surface area contributed by atoms with E-state index in [0.29, 0.717) is 45.7 Å². The van der Waals surface area contributed by atoms with E-state index in [1.165, 1.54) is 10.6 Å². The molecule has 118 valence electrons. The molecule has 0 atom stereocenters. The summed E-state index contributed by atoms with van der Waals surface area (Å²) in [7, 11) is -3.16. The number of nitrogens with zero attached hydrogens (tertiary/aromatic N) is 3. The van der Waals surface area contributed by atoms with Crippen LogP contribution in [0.25, 0.3) is 0 Å². The van der Waals surface area contributed by atoms with Crippen molar-refractivity contribution in [2.24, 2.45) is 0 Å². The summed E-state index contributed by atoms with van der Waals surface area (Å²) in [6, 6.07) is 0. The lowest BCUT2D eigenvalue weighted by molar-refractivity contribution is -0.133. The highest BCUT2D eigenvalue weighted by molar-refractivity contribution is 7.88. The van der Waals surface area contributed by atoms with E-state index in [9.17, 15) is 13.2 Å². The Hall–Kier alpha value is -0.700. The predicted octanol–water partition coefficient (Wildman–Crippen LogP) is -1.21. The molecule has 1 saturated heterocycles. The van der Waals surface area contributed by atoms with Crippen LogP contribution in [-0.2, 0) is 14.8 Å². The van der Waals surface area contributed by atoms with Crippen LogP contribution in [0.2, 0.25) is 0 Å². The average molecular weight is 307 g/mol. The standard InChI is InChI=1S/C12H25N3O4S/c1-3-13(5-4-10-16)11-12(17)14-6-8-15(9-7-14)20(2,18)19/h16H,3-11H2,1-2H3. The molecular weight excluding hydrogens is 282 g/mol. The van der Waals surface area contributed by atoms with Gasteiger partial charge in [-0.05, 0) is 13.0 Å². The number of hydrogen-bond acceptors (Lipinski definition) is 5. The summed E-state index contributed by atoms with van der Waals surface area (Å²) >= 11 is 0. The zero-order chi connectivity index (χ0) is 15.2. The first-order chi connectivity index (χ1) is 9.38. The van der Waals surface area contributed by atoms with E-state index in [0.717, 1.165) is 6.54 Å². The second-order valence-electron chi connectivity index (χ2n) is 4.99. The molecule has 1 N–H and O–H groups in total. The van der Waals surface area contributed by atoms with Crippen LogP contribution in [-0.4, -0.2) is 92.2 Å². The Morgan fingerprint density at radius 1 is 1.25 bits per heavy atom. The number of likely N-dealkylation sites (N-methyl/N-ethyl adjacent to an activating group) is 1. The van der Waals surface area contributed by atoms with E-state index < -0.39 is 10.0 Å². The molecule has 0 radical (unpaired) electrons. The second kappa shape index (κ2) is 7.92. The molecule has 1 heterocycles. The Balaban J connectivity index is 2.42. The number of carbonyl (C=O) groups is 1. The first-order valence-corrected chi connectivity index (χ1v) is 8.79. The number of sulfonamides is 1. The summed E-state index contributed by atoms with van der Waals surface area (Å²) in [5.41, 5.74) is 0. The minimum atomic E-state index is -3.16. The summed E-state index contributed by atoms with van der Waals surface area (Å²) in [5.74, 6) is 0.0259. The number of carbonyl (C=O) groups excluding carboxylic acids is 1. The number of amides is 1. The highest BCUT2D eigenvalue weighted by Crippen LogP contribution is 2.07. The maximum atomic E-state index is 12.1. The van der Waals surface area contributed by atoms with Crippen LogP contribution in [0, 0.1) is 0 Å². The third-order valence-corrected chi connectivity index (χ3v) is 4.80. The molecule has 0 saturated carbocycles. The van der Waals surface area contributed by atoms with E-state index in [-0.39, 0.29) is 12.5 Å². The van der Waals surface area contributed by atoms with Gasteiger partial charge >= 0.3 is 0 Å². The van der Waals surface area contributed by atoms with E-state index in [1.807, 2.05) is 11.8 Å². The van der Waals surface area contributed by atoms with Crippen molar-refractivity contribution in [2.75, 3.05) is 58.7 Å². The largest absolute Gasteiger partial charge is 0.396 e. The zero-order valence-corrected chi connectivity index (χ0v) is 13.1. The van der Waals surface area contributed by atoms with Gasteiger partial charge in [0.1, 0.15) is 0 Å². The molecule has 1 aliphatic heterocycles. The SMILES string of the molecule is CCN(CCCO)CC(=O)N1CCN(S(C)(=O)=O)CC1. The quantitative estimate of drug-likeness (QED) is 0.639. The minimum Gasteiger partial charge on any atom is -0.396 e. The van der Waals surface area contributed by atoms with Crippen molar-refractivity contribution in [1.82, 2.24) is 14.1 Å². The Labute approximate surface area is 121 Å². The average Bonchev–Trinajstić information content (AvgIpc) is 2.42. The zero-order valence-electron chi connectivity index (χ0n) is 12.3. The van der Waals surface area contributed by atoms with E-state index in [2.05, 4.69) is 0 Å². The van der Waals surface area contributed by atoms with E-state index in [1.54, 1.807) is 4.90 Å². The molecule has 0 unspecified atom stereocenters. The third-order valence-electron chi connectivity index (χ3n) is 3.50. The van der Waals surface area contributed by atoms with Gasteiger partial charge in [0.25, 0.3) is 0 Å². The lowest BCUT2D eigenvalue weighted by atomic mass is 10.3. The molecule has 0 aliphatic carbocycles. The first kappa shape index (κ1) is 17.4. The van der Waals surface area contributed by atoms with Gasteiger partial charge in [-0.1, -0.05) is 6.92 Å². The van der Waals surface area contributed by atoms with Gasteiger partial charge in [-0.2, -0.15) is 4.31 Å². The predicted molar refractivity (Wildman–Crippen MR) is 76.8 cm³/mol. The van der Waals surface area contributed by atoms with Crippen LogP contribution in [0.15, 0.2) is 0 Å². The lowest BCUT2D eigenvalue weighted by Gasteiger charge is -2.34. The molecule has 0 aromatic heterocycles. The van der Waals surface area contributed by atoms with Crippen LogP contribution < -0.4 is 0 Å². The molecule has 8 heteroatoms. The molecule has 1 fully saturated rings. The van der Waals surface area contributed by atoms with Crippen LogP contribution in [0.3, 0.4) is 0 Å². The van der Waals surface area contributed by atoms with Crippen molar-refractivity contribution in [2.45, 2.75) is 13.3 Å². The summed E-state index contributed by atoms with van der Waals surface area (Å²) in [6.07, 6.45) is 1.85. The summed E-state index contributed by atoms with van der Waals surface area (Å²) in [5, 5.41) is 8.81. The van der Waals surface area contributed by atoms with Crippen molar-refractivity contribution >= 4 is 15.9 Å². The first-order valence-electron chi connectivity index (χ1n) is 6.94. The molecule has 0 aromatic carbocycles. The molecule has 0 spiro atoms. The van der Waals surface area contributed by atoms with Crippen LogP contribution in [0.4, 0.5) is 0 Å². The van der Waals surface area contributed by atoms with Gasteiger partial charge in [0.05, 0.1) is 12.8 Å². The molecule has 1 rings (SSSR count). The van der Waals surface area contributed by atoms with Gasteiger partial charge < -0.3 is 10.0 Å². The Bertz CT molecular complexity index is 405. The van der Waals surface area contributed by atoms with Gasteiger partial charge in [0, 0.05) is 39.3 Å². The molecular formula is C12H25N3O4S. The Kier molecular flexibility index (Phi) is 6.87. The normalized spacial score (nSPS) is 17.7. The van der Waals surface area contributed by atoms with E-state index in [4.69, 9.17) is 5.11 Å². The molecule has 0 aromatic rings. The highest BCUT2D eigenvalue weighted by Gasteiger charge is 2.26. The monoisotopic (exact) mass is 307 g/mol. The topological polar surface area (TPSA) is 81.2 Å². The molecule has 0 bridgehead atoms. The number of hydrogen-bond donors (Lipinski definition) is 1. The third kappa shape index (κ3) is 5.35. The number of aliphatic hydroxyl groups is 1. The van der Waals surface area contributed by atoms with Crippen molar-refractivity contribution in [3.8, 4) is 0 Å². The van der Waals surface area contributed by atoms with Gasteiger partial charge in [-0.3, -0.25) is 9.69 Å². The molecule has 20 heavy (non-hydrogen) atoms. The minimum absolute atomic E-state index is 0.0259. The fourth-order valence-corrected chi connectivity index (χ4v) is 3.03. The van der Waals surface area contributed by atoms with E-state index >= 15 is 0 Å². The van der Waals surface area contributed by atoms with Crippen molar-refractivity contribution < 1.29 is 18.3 Å². The van der Waals surface area contributed by atoms with Crippen molar-refractivity contribution in [1.29, 1.82) is 0 Å². The lowest BCUT2D eigenvalue weighted by Crippen LogP contribution is -2.52. The number of aliphatic hydroxyl groups excluding tert-OH is 1. The Morgan fingerprint density at radius 2 is 1.85 bits per heavy atom. The Morgan fingerprint density at radius 3 is 2.30 bits per heavy atom. The van der Waals surface area contributed by atoms with Crippen LogP contribution in [0.1, 0.15) is 13.3 Å². The number of piperazine rings is 1. The molecule has 1 amide bonds. The highest BCUT2D eigenvalue weighted by atomic mass is 32.2. The van der Waals surface area contributed by atoms with Gasteiger partial charge in [0.15, 0.2) is 0 Å². The maximum absolute atomic E-state index is 12.1. The molecule has 7 nitrogen and oxygen atoms in total. The smallest absolute Gasteiger partial charge is 0.236 e. The second-order valence-corrected chi connectivity index (χ2v) is 6.97. The van der Waals surface area contributed by atoms with Crippen molar-refractivity contribution in [3.63, 3.8) is 0 Å². The maximum Gasteiger partial charge on any atom is 0.236 e. The summed E-state index contributed by atoms with van der Waals surface area (Å²) in [6.45, 7) is 5.52. The fraction of sp³-hybridized carbons (Fsp3) is 0.917. The van der Waals surface area contributed by atoms with Gasteiger partial charge in [0.2, 0.25) is 15.9 Å². The van der Waals surface area contributed by atoms with Gasteiger partial charge in [-0.15, -0.1) is 0 Å². The number of rotatable bonds is 7. The van der Waals surface area contributed by atoms with Gasteiger partial charge in [-0.25, -0.2) is 8.42 Å². The molecule has 1 aliphatic rings. The summed E-state index contributed by atoms with van der Waals surface area (Å²) in [4.78, 5) is 15.8. The fourth-order valence-electron chi connectivity index (χ4n) is 2.20. The van der Waals surface area contributed by atoms with Crippen molar-refractivity contribution in [3.05, 3.63) is 0 Å². The van der Waals surface area contributed by atoms with Crippen LogP contribution >= 0.6 is 0 Å². The van der Waals surface area contributed by atoms with Crippen LogP contribution in [0.5, 0.6) is 0 Å². The summed E-state index contributed by atoms with van der Waals surface area (Å²) < 4.78 is 24.2.